The number of anilines is 1. The Morgan fingerprint density at radius 2 is 2.11 bits per heavy atom. The van der Waals surface area contributed by atoms with Gasteiger partial charge in [0.05, 0.1) is 10.6 Å². The summed E-state index contributed by atoms with van der Waals surface area (Å²) in [5.41, 5.74) is -0.627. The van der Waals surface area contributed by atoms with Crippen LogP contribution in [0.15, 0.2) is 18.2 Å². The number of carbonyl (C=O) groups is 2. The van der Waals surface area contributed by atoms with E-state index in [4.69, 9.17) is 22.0 Å². The lowest BCUT2D eigenvalue weighted by molar-refractivity contribution is -0.159. The van der Waals surface area contributed by atoms with Crippen molar-refractivity contribution in [3.8, 4) is 6.07 Å². The maximum absolute atomic E-state index is 12.0. The van der Waals surface area contributed by atoms with Gasteiger partial charge in [0, 0.05) is 5.69 Å². The van der Waals surface area contributed by atoms with Gasteiger partial charge in [-0.15, -0.1) is 0 Å². The predicted octanol–water partition coefficient (Wildman–Crippen LogP) is 2.41. The van der Waals surface area contributed by atoms with E-state index in [0.29, 0.717) is 24.1 Å². The Labute approximate surface area is 114 Å². The summed E-state index contributed by atoms with van der Waals surface area (Å²) >= 11 is 5.85. The molecule has 1 amide bonds. The van der Waals surface area contributed by atoms with Gasteiger partial charge in [-0.2, -0.15) is 5.26 Å². The summed E-state index contributed by atoms with van der Waals surface area (Å²) in [4.78, 5) is 23.2. The summed E-state index contributed by atoms with van der Waals surface area (Å²) in [5.74, 6) is -1.64. The summed E-state index contributed by atoms with van der Waals surface area (Å²) in [7, 11) is 0. The number of benzene rings is 1. The molecule has 0 atom stereocenters. The Morgan fingerprint density at radius 3 is 2.53 bits per heavy atom. The molecule has 0 aliphatic heterocycles. The highest BCUT2D eigenvalue weighted by molar-refractivity contribution is 6.32. The number of halogens is 1. The van der Waals surface area contributed by atoms with Crippen molar-refractivity contribution >= 4 is 29.2 Å². The molecule has 0 unspecified atom stereocenters. The van der Waals surface area contributed by atoms with E-state index in [-0.39, 0.29) is 5.02 Å². The minimum atomic E-state index is -1.32. The molecule has 98 valence electrons. The highest BCUT2D eigenvalue weighted by Crippen LogP contribution is 2.42. The largest absolute Gasteiger partial charge is 0.480 e. The Kier molecular flexibility index (Phi) is 3.45. The summed E-state index contributed by atoms with van der Waals surface area (Å²) in [6.45, 7) is 0. The van der Waals surface area contributed by atoms with Crippen molar-refractivity contribution in [3.63, 3.8) is 0 Å². The average Bonchev–Trinajstić information content (AvgIpc) is 2.26. The van der Waals surface area contributed by atoms with Gasteiger partial charge in [0.2, 0.25) is 5.91 Å². The normalized spacial score (nSPS) is 16.0. The molecule has 6 heteroatoms. The highest BCUT2D eigenvalue weighted by atomic mass is 35.5. The number of hydrogen-bond donors (Lipinski definition) is 2. The fourth-order valence-electron chi connectivity index (χ4n) is 2.00. The summed E-state index contributed by atoms with van der Waals surface area (Å²) in [5, 5.41) is 20.6. The number of nitrogens with zero attached hydrogens (tertiary/aromatic N) is 1. The van der Waals surface area contributed by atoms with E-state index in [0.717, 1.165) is 6.42 Å². The molecule has 2 rings (SSSR count). The monoisotopic (exact) mass is 278 g/mol. The van der Waals surface area contributed by atoms with Crippen LogP contribution in [0, 0.1) is 16.7 Å². The van der Waals surface area contributed by atoms with Crippen LogP contribution in [0.5, 0.6) is 0 Å². The molecule has 0 heterocycles. The lowest BCUT2D eigenvalue weighted by atomic mass is 9.68. The Balaban J connectivity index is 2.18. The van der Waals surface area contributed by atoms with E-state index in [2.05, 4.69) is 5.32 Å². The molecule has 5 nitrogen and oxygen atoms in total. The van der Waals surface area contributed by atoms with Gasteiger partial charge in [-0.05, 0) is 31.0 Å². The molecular formula is C13H11ClN2O3. The first-order chi connectivity index (χ1) is 8.99. The van der Waals surface area contributed by atoms with Crippen molar-refractivity contribution in [2.24, 2.45) is 5.41 Å². The number of carboxylic acids is 1. The van der Waals surface area contributed by atoms with Gasteiger partial charge in [0.15, 0.2) is 0 Å². The van der Waals surface area contributed by atoms with Crippen LogP contribution in [-0.4, -0.2) is 17.0 Å². The van der Waals surface area contributed by atoms with E-state index in [1.807, 2.05) is 6.07 Å². The lowest BCUT2D eigenvalue weighted by Gasteiger charge is -2.35. The number of carboxylic acid groups (broad SMARTS) is 1. The van der Waals surface area contributed by atoms with Crippen LogP contribution in [0.25, 0.3) is 0 Å². The molecule has 2 N–H and O–H groups in total. The van der Waals surface area contributed by atoms with Crippen molar-refractivity contribution in [2.75, 3.05) is 5.32 Å². The topological polar surface area (TPSA) is 90.2 Å². The van der Waals surface area contributed by atoms with Crippen molar-refractivity contribution in [3.05, 3.63) is 28.8 Å². The third-order valence-electron chi connectivity index (χ3n) is 3.40. The van der Waals surface area contributed by atoms with E-state index in [1.54, 1.807) is 0 Å². The SMILES string of the molecule is N#Cc1ccc(NC(=O)C2(C(=O)O)CCC2)cc1Cl. The van der Waals surface area contributed by atoms with E-state index in [9.17, 15) is 9.59 Å². The third kappa shape index (κ3) is 2.27. The number of hydrogen-bond acceptors (Lipinski definition) is 3. The van der Waals surface area contributed by atoms with Gasteiger partial charge in [0.1, 0.15) is 11.5 Å². The van der Waals surface area contributed by atoms with E-state index < -0.39 is 17.3 Å². The Morgan fingerprint density at radius 1 is 1.42 bits per heavy atom. The number of aliphatic carboxylic acids is 1. The molecule has 0 radical (unpaired) electrons. The fraction of sp³-hybridized carbons (Fsp3) is 0.308. The molecule has 0 aromatic heterocycles. The van der Waals surface area contributed by atoms with Crippen LogP contribution in [0.1, 0.15) is 24.8 Å². The van der Waals surface area contributed by atoms with E-state index >= 15 is 0 Å². The number of carbonyl (C=O) groups excluding carboxylic acids is 1. The van der Waals surface area contributed by atoms with Gasteiger partial charge < -0.3 is 10.4 Å². The predicted molar refractivity (Wildman–Crippen MR) is 68.7 cm³/mol. The quantitative estimate of drug-likeness (QED) is 0.831. The van der Waals surface area contributed by atoms with Crippen molar-refractivity contribution < 1.29 is 14.7 Å². The fourth-order valence-corrected chi connectivity index (χ4v) is 2.23. The van der Waals surface area contributed by atoms with Crippen LogP contribution in [0.2, 0.25) is 5.02 Å². The zero-order valence-corrected chi connectivity index (χ0v) is 10.7. The van der Waals surface area contributed by atoms with Gasteiger partial charge in [0.25, 0.3) is 0 Å². The van der Waals surface area contributed by atoms with Gasteiger partial charge in [-0.25, -0.2) is 0 Å². The van der Waals surface area contributed by atoms with Crippen molar-refractivity contribution in [2.45, 2.75) is 19.3 Å². The smallest absolute Gasteiger partial charge is 0.319 e. The average molecular weight is 279 g/mol. The minimum absolute atomic E-state index is 0.221. The van der Waals surface area contributed by atoms with Crippen LogP contribution < -0.4 is 5.32 Å². The Bertz CT molecular complexity index is 588. The number of nitriles is 1. The number of rotatable bonds is 3. The van der Waals surface area contributed by atoms with Gasteiger partial charge in [-0.1, -0.05) is 18.0 Å². The second-order valence-corrected chi connectivity index (χ2v) is 4.91. The summed E-state index contributed by atoms with van der Waals surface area (Å²) in [6, 6.07) is 6.35. The van der Waals surface area contributed by atoms with Crippen LogP contribution in [-0.2, 0) is 9.59 Å². The van der Waals surface area contributed by atoms with Crippen LogP contribution in [0.3, 0.4) is 0 Å². The second kappa shape index (κ2) is 4.90. The molecule has 19 heavy (non-hydrogen) atoms. The van der Waals surface area contributed by atoms with Crippen LogP contribution in [0.4, 0.5) is 5.69 Å². The van der Waals surface area contributed by atoms with Gasteiger partial charge >= 0.3 is 5.97 Å². The maximum atomic E-state index is 12.0. The molecule has 0 saturated heterocycles. The highest BCUT2D eigenvalue weighted by Gasteiger charge is 2.51. The lowest BCUT2D eigenvalue weighted by Crippen LogP contribution is -2.48. The first-order valence-electron chi connectivity index (χ1n) is 5.74. The van der Waals surface area contributed by atoms with Crippen molar-refractivity contribution in [1.29, 1.82) is 5.26 Å². The second-order valence-electron chi connectivity index (χ2n) is 4.50. The standard InChI is InChI=1S/C13H11ClN2O3/c14-10-6-9(3-2-8(10)7-15)16-11(17)13(12(18)19)4-1-5-13/h2-3,6H,1,4-5H2,(H,16,17)(H,18,19). The first kappa shape index (κ1) is 13.4. The molecule has 1 saturated carbocycles. The number of nitrogens with one attached hydrogen (secondary N) is 1. The third-order valence-corrected chi connectivity index (χ3v) is 3.71. The summed E-state index contributed by atoms with van der Waals surface area (Å²) in [6.07, 6.45) is 1.42. The Hall–Kier alpha value is -2.06. The molecule has 0 spiro atoms. The molecular weight excluding hydrogens is 268 g/mol. The zero-order chi connectivity index (χ0) is 14.0. The first-order valence-corrected chi connectivity index (χ1v) is 6.12. The van der Waals surface area contributed by atoms with E-state index in [1.165, 1.54) is 18.2 Å². The number of amides is 1. The van der Waals surface area contributed by atoms with Crippen molar-refractivity contribution in [1.82, 2.24) is 0 Å². The molecule has 1 aliphatic carbocycles. The maximum Gasteiger partial charge on any atom is 0.319 e. The minimum Gasteiger partial charge on any atom is -0.480 e. The zero-order valence-electron chi connectivity index (χ0n) is 9.94. The molecule has 1 aromatic carbocycles. The molecule has 1 aliphatic rings. The molecule has 0 bridgehead atoms. The summed E-state index contributed by atoms with van der Waals surface area (Å²) < 4.78 is 0. The molecule has 1 aromatic rings. The van der Waals surface area contributed by atoms with Gasteiger partial charge in [-0.3, -0.25) is 9.59 Å². The van der Waals surface area contributed by atoms with Crippen LogP contribution >= 0.6 is 11.6 Å². The molecule has 1 fully saturated rings.